The molecular formula is C21H25Cl2N3O3. The molecule has 2 aromatic rings. The molecule has 1 N–H and O–H groups in total. The Labute approximate surface area is 181 Å². The number of rotatable bonds is 7. The fourth-order valence-electron chi connectivity index (χ4n) is 3.08. The maximum absolute atomic E-state index is 13.0. The van der Waals surface area contributed by atoms with Crippen LogP contribution in [0.15, 0.2) is 42.5 Å². The van der Waals surface area contributed by atoms with Gasteiger partial charge in [-0.15, -0.1) is 0 Å². The van der Waals surface area contributed by atoms with Gasteiger partial charge in [0.25, 0.3) is 0 Å². The molecule has 0 spiro atoms. The second-order valence-corrected chi connectivity index (χ2v) is 7.62. The molecule has 1 saturated heterocycles. The minimum atomic E-state index is -0.224. The van der Waals surface area contributed by atoms with Crippen LogP contribution >= 0.6 is 23.2 Å². The van der Waals surface area contributed by atoms with Crippen LogP contribution in [0.5, 0.6) is 5.75 Å². The number of morpholine rings is 1. The zero-order chi connectivity index (χ0) is 20.6. The number of anilines is 1. The molecule has 1 aliphatic rings. The van der Waals surface area contributed by atoms with Crippen molar-refractivity contribution in [2.75, 3.05) is 51.8 Å². The van der Waals surface area contributed by atoms with E-state index in [1.54, 1.807) is 30.2 Å². The number of nitrogens with zero attached hydrogens (tertiary/aromatic N) is 2. The first kappa shape index (κ1) is 21.7. The van der Waals surface area contributed by atoms with Gasteiger partial charge in [-0.2, -0.15) is 0 Å². The molecule has 0 aromatic heterocycles. The molecule has 1 fully saturated rings. The van der Waals surface area contributed by atoms with Gasteiger partial charge in [0.2, 0.25) is 0 Å². The van der Waals surface area contributed by atoms with E-state index >= 15 is 0 Å². The SMILES string of the molecule is COc1ccc(CN(CCN2CCOCC2)C(=O)Nc2cc(Cl)ccc2Cl)cc1. The minimum absolute atomic E-state index is 0.224. The summed E-state index contributed by atoms with van der Waals surface area (Å²) in [6, 6.07) is 12.5. The first-order chi connectivity index (χ1) is 14.0. The van der Waals surface area contributed by atoms with Gasteiger partial charge in [0.1, 0.15) is 5.75 Å². The zero-order valence-electron chi connectivity index (χ0n) is 16.4. The molecule has 3 rings (SSSR count). The van der Waals surface area contributed by atoms with E-state index in [9.17, 15) is 4.79 Å². The molecule has 8 heteroatoms. The summed E-state index contributed by atoms with van der Waals surface area (Å²) >= 11 is 12.3. The van der Waals surface area contributed by atoms with Gasteiger partial charge in [-0.05, 0) is 35.9 Å². The van der Waals surface area contributed by atoms with E-state index < -0.39 is 0 Å². The molecule has 156 valence electrons. The molecule has 2 aromatic carbocycles. The average Bonchev–Trinajstić information content (AvgIpc) is 2.74. The number of ether oxygens (including phenoxy) is 2. The predicted octanol–water partition coefficient (Wildman–Crippen LogP) is 4.37. The highest BCUT2D eigenvalue weighted by atomic mass is 35.5. The minimum Gasteiger partial charge on any atom is -0.497 e. The van der Waals surface area contributed by atoms with Crippen molar-refractivity contribution in [1.82, 2.24) is 9.80 Å². The molecule has 2 amide bonds. The number of halogens is 2. The fourth-order valence-corrected chi connectivity index (χ4v) is 3.42. The third-order valence-corrected chi connectivity index (χ3v) is 5.34. The Morgan fingerprint density at radius 3 is 2.59 bits per heavy atom. The highest BCUT2D eigenvalue weighted by Crippen LogP contribution is 2.26. The number of carbonyl (C=O) groups excluding carboxylic acids is 1. The van der Waals surface area contributed by atoms with Crippen molar-refractivity contribution in [2.24, 2.45) is 0 Å². The topological polar surface area (TPSA) is 54.0 Å². The lowest BCUT2D eigenvalue weighted by atomic mass is 10.2. The number of hydrogen-bond donors (Lipinski definition) is 1. The first-order valence-electron chi connectivity index (χ1n) is 9.49. The number of carbonyl (C=O) groups is 1. The monoisotopic (exact) mass is 437 g/mol. The van der Waals surface area contributed by atoms with Crippen molar-refractivity contribution in [3.05, 3.63) is 58.1 Å². The summed E-state index contributed by atoms with van der Waals surface area (Å²) in [6.45, 7) is 5.02. The average molecular weight is 438 g/mol. The molecule has 29 heavy (non-hydrogen) atoms. The quantitative estimate of drug-likeness (QED) is 0.698. The van der Waals surface area contributed by atoms with Gasteiger partial charge in [-0.25, -0.2) is 4.79 Å². The third-order valence-electron chi connectivity index (χ3n) is 4.78. The lowest BCUT2D eigenvalue weighted by Gasteiger charge is -2.30. The van der Waals surface area contributed by atoms with Crippen LogP contribution in [-0.4, -0.2) is 62.3 Å². The van der Waals surface area contributed by atoms with Gasteiger partial charge in [-0.3, -0.25) is 4.90 Å². The Hall–Kier alpha value is -1.99. The van der Waals surface area contributed by atoms with Gasteiger partial charge in [0, 0.05) is 37.7 Å². The third kappa shape index (κ3) is 6.51. The van der Waals surface area contributed by atoms with Crippen LogP contribution in [-0.2, 0) is 11.3 Å². The van der Waals surface area contributed by atoms with Crippen molar-refractivity contribution < 1.29 is 14.3 Å². The molecule has 0 atom stereocenters. The van der Waals surface area contributed by atoms with Crippen molar-refractivity contribution in [2.45, 2.75) is 6.54 Å². The van der Waals surface area contributed by atoms with E-state index in [1.165, 1.54) is 0 Å². The Bertz CT molecular complexity index is 811. The van der Waals surface area contributed by atoms with E-state index in [0.717, 1.165) is 44.2 Å². The second kappa shape index (κ2) is 10.7. The van der Waals surface area contributed by atoms with Crippen molar-refractivity contribution >= 4 is 34.9 Å². The second-order valence-electron chi connectivity index (χ2n) is 6.78. The summed E-state index contributed by atoms with van der Waals surface area (Å²) < 4.78 is 10.6. The summed E-state index contributed by atoms with van der Waals surface area (Å²) in [6.07, 6.45) is 0. The summed E-state index contributed by atoms with van der Waals surface area (Å²) in [5.74, 6) is 0.781. The zero-order valence-corrected chi connectivity index (χ0v) is 17.9. The molecule has 0 aliphatic carbocycles. The number of benzene rings is 2. The maximum Gasteiger partial charge on any atom is 0.322 e. The first-order valence-corrected chi connectivity index (χ1v) is 10.2. The molecular weight excluding hydrogens is 413 g/mol. The molecule has 0 saturated carbocycles. The smallest absolute Gasteiger partial charge is 0.322 e. The van der Waals surface area contributed by atoms with Gasteiger partial charge in [0.05, 0.1) is 31.0 Å². The summed E-state index contributed by atoms with van der Waals surface area (Å²) in [5, 5.41) is 3.84. The number of amides is 2. The van der Waals surface area contributed by atoms with E-state index in [0.29, 0.717) is 28.8 Å². The Morgan fingerprint density at radius 1 is 1.17 bits per heavy atom. The fraction of sp³-hybridized carbons (Fsp3) is 0.381. The number of nitrogens with one attached hydrogen (secondary N) is 1. The number of urea groups is 1. The molecule has 6 nitrogen and oxygen atoms in total. The van der Waals surface area contributed by atoms with E-state index in [1.807, 2.05) is 24.3 Å². The van der Waals surface area contributed by atoms with Gasteiger partial charge in [-0.1, -0.05) is 35.3 Å². The highest BCUT2D eigenvalue weighted by molar-refractivity contribution is 6.35. The van der Waals surface area contributed by atoms with Crippen molar-refractivity contribution in [1.29, 1.82) is 0 Å². The van der Waals surface area contributed by atoms with E-state index in [4.69, 9.17) is 32.7 Å². The summed E-state index contributed by atoms with van der Waals surface area (Å²) in [7, 11) is 1.63. The molecule has 1 heterocycles. The maximum atomic E-state index is 13.0. The highest BCUT2D eigenvalue weighted by Gasteiger charge is 2.18. The lowest BCUT2D eigenvalue weighted by molar-refractivity contribution is 0.0349. The summed E-state index contributed by atoms with van der Waals surface area (Å²) in [4.78, 5) is 17.1. The van der Waals surface area contributed by atoms with Crippen LogP contribution in [0.1, 0.15) is 5.56 Å². The van der Waals surface area contributed by atoms with Crippen molar-refractivity contribution in [3.8, 4) is 5.75 Å². The van der Waals surface area contributed by atoms with Crippen LogP contribution in [0.3, 0.4) is 0 Å². The molecule has 0 radical (unpaired) electrons. The normalized spacial score (nSPS) is 14.4. The van der Waals surface area contributed by atoms with Crippen LogP contribution in [0.25, 0.3) is 0 Å². The van der Waals surface area contributed by atoms with Gasteiger partial charge in [0.15, 0.2) is 0 Å². The Morgan fingerprint density at radius 2 is 1.90 bits per heavy atom. The van der Waals surface area contributed by atoms with E-state index in [2.05, 4.69) is 10.2 Å². The van der Waals surface area contributed by atoms with E-state index in [-0.39, 0.29) is 6.03 Å². The van der Waals surface area contributed by atoms with Crippen LogP contribution < -0.4 is 10.1 Å². The van der Waals surface area contributed by atoms with Crippen LogP contribution in [0, 0.1) is 0 Å². The standard InChI is InChI=1S/C21H25Cl2N3O3/c1-28-18-5-2-16(3-6-18)15-26(9-8-25-10-12-29-13-11-25)21(27)24-20-14-17(22)4-7-19(20)23/h2-7,14H,8-13,15H2,1H3,(H,24,27). The molecule has 1 aliphatic heterocycles. The summed E-state index contributed by atoms with van der Waals surface area (Å²) in [5.41, 5.74) is 1.51. The predicted molar refractivity (Wildman–Crippen MR) is 116 cm³/mol. The Kier molecular flexibility index (Phi) is 8.00. The largest absolute Gasteiger partial charge is 0.497 e. The van der Waals surface area contributed by atoms with Crippen molar-refractivity contribution in [3.63, 3.8) is 0 Å². The number of hydrogen-bond acceptors (Lipinski definition) is 4. The Balaban J connectivity index is 1.70. The van der Waals surface area contributed by atoms with Crippen LogP contribution in [0.4, 0.5) is 10.5 Å². The van der Waals surface area contributed by atoms with Gasteiger partial charge < -0.3 is 19.7 Å². The number of methoxy groups -OCH3 is 1. The lowest BCUT2D eigenvalue weighted by Crippen LogP contribution is -2.44. The van der Waals surface area contributed by atoms with Gasteiger partial charge >= 0.3 is 6.03 Å². The molecule has 0 bridgehead atoms. The van der Waals surface area contributed by atoms with Crippen LogP contribution in [0.2, 0.25) is 10.0 Å². The molecule has 0 unspecified atom stereocenters.